The summed E-state index contributed by atoms with van der Waals surface area (Å²) in [7, 11) is 0. The summed E-state index contributed by atoms with van der Waals surface area (Å²) in [6, 6.07) is 11.1. The van der Waals surface area contributed by atoms with Crippen molar-refractivity contribution in [3.05, 3.63) is 71.8 Å². The number of aromatic nitrogens is 3. The van der Waals surface area contributed by atoms with Crippen LogP contribution in [-0.4, -0.2) is 31.9 Å². The van der Waals surface area contributed by atoms with Gasteiger partial charge in [-0.05, 0) is 36.4 Å². The quantitative estimate of drug-likeness (QED) is 0.774. The number of nitriles is 1. The van der Waals surface area contributed by atoms with Crippen LogP contribution in [0.1, 0.15) is 41.9 Å². The van der Waals surface area contributed by atoms with Gasteiger partial charge in [0.1, 0.15) is 29.1 Å². The van der Waals surface area contributed by atoms with Gasteiger partial charge in [-0.25, -0.2) is 9.37 Å². The van der Waals surface area contributed by atoms with Crippen LogP contribution in [0.25, 0.3) is 5.69 Å². The van der Waals surface area contributed by atoms with E-state index in [4.69, 9.17) is 5.26 Å². The summed E-state index contributed by atoms with van der Waals surface area (Å²) in [4.78, 5) is 22.0. The number of halogens is 1. The molecule has 0 bridgehead atoms. The standard InChI is InChI=1S/C20H18FN5O/c1-20(2)12-26(19(27)16-8-5-14(11-22)24-16)17(20)18-23-9-10-25(18)15-6-3-13(21)4-7-15/h3-10,17,24H,12H2,1-2H3. The second kappa shape index (κ2) is 6.09. The van der Waals surface area contributed by atoms with Crippen molar-refractivity contribution >= 4 is 5.91 Å². The lowest BCUT2D eigenvalue weighted by atomic mass is 9.74. The van der Waals surface area contributed by atoms with Crippen LogP contribution in [0.15, 0.2) is 48.8 Å². The molecule has 1 aliphatic rings. The fourth-order valence-electron chi connectivity index (χ4n) is 3.68. The first-order valence-electron chi connectivity index (χ1n) is 8.60. The minimum Gasteiger partial charge on any atom is -0.342 e. The van der Waals surface area contributed by atoms with Crippen molar-refractivity contribution in [2.75, 3.05) is 6.54 Å². The highest BCUT2D eigenvalue weighted by Gasteiger charge is 2.51. The SMILES string of the molecule is CC1(C)CN(C(=O)c2ccc(C#N)[nH]2)C1c1nccn1-c1ccc(F)cc1. The van der Waals surface area contributed by atoms with Gasteiger partial charge >= 0.3 is 0 Å². The Balaban J connectivity index is 1.69. The molecular formula is C20H18FN5O. The number of H-pyrrole nitrogens is 1. The minimum atomic E-state index is -0.304. The zero-order valence-electron chi connectivity index (χ0n) is 15.0. The fourth-order valence-corrected chi connectivity index (χ4v) is 3.68. The number of carbonyl (C=O) groups excluding carboxylic acids is 1. The van der Waals surface area contributed by atoms with E-state index in [-0.39, 0.29) is 23.2 Å². The van der Waals surface area contributed by atoms with E-state index in [1.807, 2.05) is 16.8 Å². The molecular weight excluding hydrogens is 345 g/mol. The molecule has 1 aromatic carbocycles. The first kappa shape index (κ1) is 17.0. The molecule has 1 fully saturated rings. The fraction of sp³-hybridized carbons (Fsp3) is 0.250. The summed E-state index contributed by atoms with van der Waals surface area (Å²) in [6.45, 7) is 4.74. The third-order valence-electron chi connectivity index (χ3n) is 4.95. The van der Waals surface area contributed by atoms with E-state index in [1.165, 1.54) is 12.1 Å². The number of aromatic amines is 1. The lowest BCUT2D eigenvalue weighted by molar-refractivity contribution is -0.0373. The van der Waals surface area contributed by atoms with Gasteiger partial charge in [0.05, 0.1) is 6.04 Å². The van der Waals surface area contributed by atoms with Crippen molar-refractivity contribution in [2.24, 2.45) is 5.41 Å². The number of carbonyl (C=O) groups is 1. The Morgan fingerprint density at radius 3 is 2.67 bits per heavy atom. The molecule has 1 unspecified atom stereocenters. The summed E-state index contributed by atoms with van der Waals surface area (Å²) >= 11 is 0. The number of benzene rings is 1. The number of hydrogen-bond acceptors (Lipinski definition) is 3. The maximum atomic E-state index is 13.3. The predicted molar refractivity (Wildman–Crippen MR) is 96.6 cm³/mol. The summed E-state index contributed by atoms with van der Waals surface area (Å²) in [5, 5.41) is 8.96. The van der Waals surface area contributed by atoms with Crippen LogP contribution in [0.2, 0.25) is 0 Å². The molecule has 7 heteroatoms. The van der Waals surface area contributed by atoms with Crippen LogP contribution >= 0.6 is 0 Å². The molecule has 4 rings (SSSR count). The van der Waals surface area contributed by atoms with Gasteiger partial charge in [-0.3, -0.25) is 4.79 Å². The molecule has 1 aliphatic heterocycles. The molecule has 2 aromatic heterocycles. The highest BCUT2D eigenvalue weighted by atomic mass is 19.1. The average Bonchev–Trinajstić information content (AvgIpc) is 3.29. The van der Waals surface area contributed by atoms with Crippen molar-refractivity contribution in [2.45, 2.75) is 19.9 Å². The monoisotopic (exact) mass is 363 g/mol. The van der Waals surface area contributed by atoms with Gasteiger partial charge in [-0.1, -0.05) is 13.8 Å². The second-order valence-electron chi connectivity index (χ2n) is 7.35. The Morgan fingerprint density at radius 2 is 2.04 bits per heavy atom. The highest BCUT2D eigenvalue weighted by Crippen LogP contribution is 2.48. The predicted octanol–water partition coefficient (Wildman–Crippen LogP) is 3.43. The molecule has 3 heterocycles. The van der Waals surface area contributed by atoms with Crippen molar-refractivity contribution in [3.63, 3.8) is 0 Å². The molecule has 0 aliphatic carbocycles. The lowest BCUT2D eigenvalue weighted by Gasteiger charge is -2.53. The zero-order valence-corrected chi connectivity index (χ0v) is 15.0. The lowest BCUT2D eigenvalue weighted by Crippen LogP contribution is -2.58. The van der Waals surface area contributed by atoms with Crippen LogP contribution in [-0.2, 0) is 0 Å². The van der Waals surface area contributed by atoms with E-state index in [1.54, 1.807) is 35.4 Å². The van der Waals surface area contributed by atoms with Gasteiger partial charge in [-0.2, -0.15) is 5.26 Å². The third kappa shape index (κ3) is 2.79. The zero-order chi connectivity index (χ0) is 19.2. The molecule has 0 spiro atoms. The van der Waals surface area contributed by atoms with Crippen LogP contribution in [0.4, 0.5) is 4.39 Å². The molecule has 0 saturated carbocycles. The van der Waals surface area contributed by atoms with Gasteiger partial charge in [-0.15, -0.1) is 0 Å². The number of nitrogens with one attached hydrogen (secondary N) is 1. The van der Waals surface area contributed by atoms with E-state index in [2.05, 4.69) is 23.8 Å². The Hall–Kier alpha value is -3.40. The summed E-state index contributed by atoms with van der Waals surface area (Å²) < 4.78 is 15.1. The second-order valence-corrected chi connectivity index (χ2v) is 7.35. The number of rotatable bonds is 3. The highest BCUT2D eigenvalue weighted by molar-refractivity contribution is 5.93. The Labute approximate surface area is 155 Å². The van der Waals surface area contributed by atoms with E-state index in [9.17, 15) is 9.18 Å². The molecule has 1 atom stereocenters. The number of nitrogens with zero attached hydrogens (tertiary/aromatic N) is 4. The molecule has 136 valence electrons. The van der Waals surface area contributed by atoms with Gasteiger partial charge in [0.15, 0.2) is 0 Å². The largest absolute Gasteiger partial charge is 0.342 e. The Morgan fingerprint density at radius 1 is 1.30 bits per heavy atom. The molecule has 0 radical (unpaired) electrons. The molecule has 1 amide bonds. The van der Waals surface area contributed by atoms with Crippen LogP contribution < -0.4 is 0 Å². The molecule has 1 saturated heterocycles. The van der Waals surface area contributed by atoms with Crippen LogP contribution in [0.3, 0.4) is 0 Å². The molecule has 3 aromatic rings. The Bertz CT molecular complexity index is 1040. The summed E-state index contributed by atoms with van der Waals surface area (Å²) in [5.41, 5.74) is 1.35. The minimum absolute atomic E-state index is 0.163. The Kier molecular flexibility index (Phi) is 3.84. The molecule has 6 nitrogen and oxygen atoms in total. The van der Waals surface area contributed by atoms with Gasteiger partial charge in [0.2, 0.25) is 0 Å². The third-order valence-corrected chi connectivity index (χ3v) is 4.95. The van der Waals surface area contributed by atoms with Gasteiger partial charge < -0.3 is 14.5 Å². The number of hydrogen-bond donors (Lipinski definition) is 1. The first-order chi connectivity index (χ1) is 12.9. The first-order valence-corrected chi connectivity index (χ1v) is 8.60. The van der Waals surface area contributed by atoms with E-state index in [0.29, 0.717) is 17.9 Å². The average molecular weight is 363 g/mol. The van der Waals surface area contributed by atoms with E-state index >= 15 is 0 Å². The molecule has 1 N–H and O–H groups in total. The normalized spacial score (nSPS) is 18.0. The van der Waals surface area contributed by atoms with Crippen molar-refractivity contribution in [3.8, 4) is 11.8 Å². The van der Waals surface area contributed by atoms with Crippen molar-refractivity contribution in [1.82, 2.24) is 19.4 Å². The number of imidazole rings is 1. The van der Waals surface area contributed by atoms with Crippen LogP contribution in [0.5, 0.6) is 0 Å². The number of amides is 1. The van der Waals surface area contributed by atoms with Crippen LogP contribution in [0, 0.1) is 22.6 Å². The number of likely N-dealkylation sites (tertiary alicyclic amines) is 1. The smallest absolute Gasteiger partial charge is 0.270 e. The van der Waals surface area contributed by atoms with E-state index in [0.717, 1.165) is 11.5 Å². The molecule has 27 heavy (non-hydrogen) atoms. The maximum absolute atomic E-state index is 13.3. The van der Waals surface area contributed by atoms with Crippen molar-refractivity contribution in [1.29, 1.82) is 5.26 Å². The van der Waals surface area contributed by atoms with Gasteiger partial charge in [0.25, 0.3) is 5.91 Å². The topological polar surface area (TPSA) is 77.7 Å². The summed E-state index contributed by atoms with van der Waals surface area (Å²) in [6.07, 6.45) is 3.49. The summed E-state index contributed by atoms with van der Waals surface area (Å²) in [5.74, 6) is 0.244. The van der Waals surface area contributed by atoms with E-state index < -0.39 is 0 Å². The van der Waals surface area contributed by atoms with Crippen molar-refractivity contribution < 1.29 is 9.18 Å². The maximum Gasteiger partial charge on any atom is 0.270 e. The van der Waals surface area contributed by atoms with Gasteiger partial charge in [0, 0.05) is 30.0 Å².